The van der Waals surface area contributed by atoms with E-state index in [0.29, 0.717) is 23.7 Å². The van der Waals surface area contributed by atoms with Crippen LogP contribution in [0.25, 0.3) is 5.76 Å². The lowest BCUT2D eigenvalue weighted by molar-refractivity contribution is -0.132. The number of hydrogen-bond donors (Lipinski definition) is 1. The van der Waals surface area contributed by atoms with Gasteiger partial charge in [0.1, 0.15) is 23.4 Å². The molecule has 4 rings (SSSR count). The number of hydrogen-bond acceptors (Lipinski definition) is 5. The highest BCUT2D eigenvalue weighted by molar-refractivity contribution is 6.51. The maximum Gasteiger partial charge on any atom is 0.300 e. The smallest absolute Gasteiger partial charge is 0.300 e. The Hall–Kier alpha value is -4.00. The first-order chi connectivity index (χ1) is 15.0. The largest absolute Gasteiger partial charge is 0.507 e. The van der Waals surface area contributed by atoms with Gasteiger partial charge in [0, 0.05) is 23.5 Å². The van der Waals surface area contributed by atoms with Crippen molar-refractivity contribution in [3.63, 3.8) is 0 Å². The number of aliphatic hydroxyl groups excluding tert-OH is 1. The molecule has 1 atom stereocenters. The maximum atomic E-state index is 13.3. The summed E-state index contributed by atoms with van der Waals surface area (Å²) in [6.07, 6.45) is 1.55. The Kier molecular flexibility index (Phi) is 5.49. The van der Waals surface area contributed by atoms with Crippen LogP contribution in [0.2, 0.25) is 0 Å². The minimum Gasteiger partial charge on any atom is -0.507 e. The summed E-state index contributed by atoms with van der Waals surface area (Å²) in [6, 6.07) is 16.0. The molecule has 0 spiro atoms. The number of ether oxygens (including phenoxy) is 1. The van der Waals surface area contributed by atoms with Gasteiger partial charge in [-0.3, -0.25) is 19.5 Å². The van der Waals surface area contributed by atoms with Crippen LogP contribution in [0.5, 0.6) is 5.75 Å². The highest BCUT2D eigenvalue weighted by Gasteiger charge is 2.47. The van der Waals surface area contributed by atoms with E-state index in [2.05, 4.69) is 4.98 Å². The third kappa shape index (κ3) is 3.77. The molecule has 7 heteroatoms. The number of amides is 1. The monoisotopic (exact) mass is 418 g/mol. The Balaban J connectivity index is 1.91. The minimum absolute atomic E-state index is 0.114. The number of benzene rings is 2. The van der Waals surface area contributed by atoms with Crippen LogP contribution in [0, 0.1) is 5.82 Å². The second-order valence-electron chi connectivity index (χ2n) is 6.86. The summed E-state index contributed by atoms with van der Waals surface area (Å²) < 4.78 is 18.9. The molecule has 2 heterocycles. The van der Waals surface area contributed by atoms with Gasteiger partial charge in [-0.15, -0.1) is 0 Å². The molecule has 0 saturated carbocycles. The maximum absolute atomic E-state index is 13.3. The third-order valence-electron chi connectivity index (χ3n) is 4.94. The zero-order valence-corrected chi connectivity index (χ0v) is 16.7. The summed E-state index contributed by atoms with van der Waals surface area (Å²) >= 11 is 0. The second-order valence-corrected chi connectivity index (χ2v) is 6.86. The van der Waals surface area contributed by atoms with Crippen molar-refractivity contribution in [1.82, 2.24) is 4.98 Å². The molecule has 1 amide bonds. The number of aromatic nitrogens is 1. The Bertz CT molecular complexity index is 1160. The molecule has 1 aromatic heterocycles. The van der Waals surface area contributed by atoms with Crippen molar-refractivity contribution in [3.8, 4) is 5.75 Å². The van der Waals surface area contributed by atoms with Crippen LogP contribution in [-0.2, 0) is 9.59 Å². The molecular formula is C24H19FN2O4. The van der Waals surface area contributed by atoms with Gasteiger partial charge in [0.2, 0.25) is 0 Å². The van der Waals surface area contributed by atoms with Crippen molar-refractivity contribution < 1.29 is 23.8 Å². The molecule has 31 heavy (non-hydrogen) atoms. The minimum atomic E-state index is -0.955. The molecule has 1 aliphatic rings. The summed E-state index contributed by atoms with van der Waals surface area (Å²) in [4.78, 5) is 31.7. The van der Waals surface area contributed by atoms with Gasteiger partial charge in [-0.2, -0.15) is 0 Å². The summed E-state index contributed by atoms with van der Waals surface area (Å²) in [6.45, 7) is 2.28. The van der Waals surface area contributed by atoms with Gasteiger partial charge in [-0.05, 0) is 55.5 Å². The Morgan fingerprint density at radius 1 is 1.10 bits per heavy atom. The van der Waals surface area contributed by atoms with E-state index in [1.54, 1.807) is 48.7 Å². The molecule has 0 aliphatic carbocycles. The average molecular weight is 418 g/mol. The van der Waals surface area contributed by atoms with E-state index < -0.39 is 29.3 Å². The number of anilines is 1. The molecule has 2 aromatic carbocycles. The van der Waals surface area contributed by atoms with Crippen LogP contribution in [0.15, 0.2) is 78.5 Å². The molecule has 1 fully saturated rings. The van der Waals surface area contributed by atoms with E-state index in [1.807, 2.05) is 6.92 Å². The van der Waals surface area contributed by atoms with Crippen molar-refractivity contribution in [3.05, 3.63) is 95.6 Å². The highest BCUT2D eigenvalue weighted by atomic mass is 19.1. The van der Waals surface area contributed by atoms with Gasteiger partial charge >= 0.3 is 0 Å². The molecule has 0 bridgehead atoms. The summed E-state index contributed by atoms with van der Waals surface area (Å²) in [5, 5.41) is 10.9. The summed E-state index contributed by atoms with van der Waals surface area (Å²) in [5.74, 6) is -1.98. The molecule has 156 valence electrons. The number of ketones is 1. The van der Waals surface area contributed by atoms with Gasteiger partial charge in [-0.1, -0.05) is 12.1 Å². The summed E-state index contributed by atoms with van der Waals surface area (Å²) in [7, 11) is 0. The van der Waals surface area contributed by atoms with E-state index in [9.17, 15) is 19.1 Å². The predicted molar refractivity (Wildman–Crippen MR) is 113 cm³/mol. The van der Waals surface area contributed by atoms with Crippen molar-refractivity contribution in [2.24, 2.45) is 0 Å². The number of Topliss-reactive ketones (excluding diaryl/α,β-unsaturated/α-hetero) is 1. The van der Waals surface area contributed by atoms with Gasteiger partial charge in [0.15, 0.2) is 0 Å². The van der Waals surface area contributed by atoms with E-state index >= 15 is 0 Å². The number of carbonyl (C=O) groups excluding carboxylic acids is 2. The molecular weight excluding hydrogens is 399 g/mol. The number of nitrogens with zero attached hydrogens (tertiary/aromatic N) is 2. The van der Waals surface area contributed by atoms with Gasteiger partial charge in [-0.25, -0.2) is 4.39 Å². The fraction of sp³-hybridized carbons (Fsp3) is 0.125. The van der Waals surface area contributed by atoms with E-state index in [0.717, 1.165) is 0 Å². The van der Waals surface area contributed by atoms with Crippen molar-refractivity contribution in [1.29, 1.82) is 0 Å². The third-order valence-corrected chi connectivity index (χ3v) is 4.94. The molecule has 1 unspecified atom stereocenters. The Morgan fingerprint density at radius 3 is 2.55 bits per heavy atom. The fourth-order valence-corrected chi connectivity index (χ4v) is 3.57. The molecule has 1 N–H and O–H groups in total. The van der Waals surface area contributed by atoms with Crippen LogP contribution < -0.4 is 9.64 Å². The summed E-state index contributed by atoms with van der Waals surface area (Å²) in [5.41, 5.74) is 0.953. The van der Waals surface area contributed by atoms with E-state index in [1.165, 1.54) is 29.2 Å². The van der Waals surface area contributed by atoms with Crippen molar-refractivity contribution in [2.45, 2.75) is 13.0 Å². The van der Waals surface area contributed by atoms with Gasteiger partial charge in [0.25, 0.3) is 11.7 Å². The molecule has 3 aromatic rings. The van der Waals surface area contributed by atoms with Crippen LogP contribution >= 0.6 is 0 Å². The number of rotatable bonds is 5. The molecule has 0 radical (unpaired) electrons. The van der Waals surface area contributed by atoms with Crippen LogP contribution in [-0.4, -0.2) is 28.4 Å². The zero-order valence-electron chi connectivity index (χ0n) is 16.7. The standard InChI is InChI=1S/C24H19FN2O4/c1-2-31-18-7-5-6-17(14-18)27-21(19-8-3-4-13-26-19)20(23(29)24(27)30)22(28)15-9-11-16(25)12-10-15/h3-14,21,28H,2H2,1H3/b22-20+. The lowest BCUT2D eigenvalue weighted by atomic mass is 9.98. The quantitative estimate of drug-likeness (QED) is 0.381. The number of aliphatic hydroxyl groups is 1. The first kappa shape index (κ1) is 20.3. The molecule has 6 nitrogen and oxygen atoms in total. The first-order valence-electron chi connectivity index (χ1n) is 9.72. The second kappa shape index (κ2) is 8.39. The molecule has 1 aliphatic heterocycles. The SMILES string of the molecule is CCOc1cccc(N2C(=O)C(=O)/C(=C(/O)c3ccc(F)cc3)C2c2ccccn2)c1. The Labute approximate surface area is 178 Å². The van der Waals surface area contributed by atoms with E-state index in [-0.39, 0.29) is 11.1 Å². The van der Waals surface area contributed by atoms with Crippen LogP contribution in [0.1, 0.15) is 24.2 Å². The normalized spacial score (nSPS) is 17.7. The van der Waals surface area contributed by atoms with Crippen LogP contribution in [0.3, 0.4) is 0 Å². The topological polar surface area (TPSA) is 79.7 Å². The van der Waals surface area contributed by atoms with Crippen molar-refractivity contribution in [2.75, 3.05) is 11.5 Å². The van der Waals surface area contributed by atoms with Gasteiger partial charge < -0.3 is 9.84 Å². The Morgan fingerprint density at radius 2 is 1.87 bits per heavy atom. The van der Waals surface area contributed by atoms with E-state index in [4.69, 9.17) is 4.74 Å². The number of halogens is 1. The first-order valence-corrected chi connectivity index (χ1v) is 9.72. The average Bonchev–Trinajstić information content (AvgIpc) is 3.05. The lowest BCUT2D eigenvalue weighted by Gasteiger charge is -2.25. The van der Waals surface area contributed by atoms with Crippen molar-refractivity contribution >= 4 is 23.1 Å². The molecule has 1 saturated heterocycles. The highest BCUT2D eigenvalue weighted by Crippen LogP contribution is 2.42. The zero-order chi connectivity index (χ0) is 22.0. The fourth-order valence-electron chi connectivity index (χ4n) is 3.57. The lowest BCUT2D eigenvalue weighted by Crippen LogP contribution is -2.29. The van der Waals surface area contributed by atoms with Crippen LogP contribution in [0.4, 0.5) is 10.1 Å². The number of carbonyl (C=O) groups is 2. The predicted octanol–water partition coefficient (Wildman–Crippen LogP) is 4.25. The van der Waals surface area contributed by atoms with Gasteiger partial charge in [0.05, 0.1) is 17.9 Å². The number of pyridine rings is 1.